The van der Waals surface area contributed by atoms with Crippen molar-refractivity contribution in [3.05, 3.63) is 99.9 Å². The molecule has 0 saturated heterocycles. The highest BCUT2D eigenvalue weighted by Crippen LogP contribution is 2.25. The quantitative estimate of drug-likeness (QED) is 0.176. The number of azide groups is 1. The number of hydrogen-bond acceptors (Lipinski definition) is 6. The summed E-state index contributed by atoms with van der Waals surface area (Å²) in [7, 11) is 0. The molecule has 4 rings (SSSR count). The minimum atomic E-state index is -4.87. The fraction of sp³-hybridized carbons (Fsp3) is 0.0833. The van der Waals surface area contributed by atoms with E-state index in [1.807, 2.05) is 0 Å². The molecule has 0 aliphatic carbocycles. The summed E-state index contributed by atoms with van der Waals surface area (Å²) >= 11 is 0. The maximum Gasteiger partial charge on any atom is 0.573 e. The lowest BCUT2D eigenvalue weighted by atomic mass is 10.1. The number of amides is 2. The zero-order valence-corrected chi connectivity index (χ0v) is 19.5. The Morgan fingerprint density at radius 2 is 1.66 bits per heavy atom. The number of hydrogen-bond donors (Lipinski definition) is 2. The standard InChI is InChI=1S/C24H17F3N8O3/c1-14-4-2-3-5-19(14)21(37)29-22-31-23(30-20(36)15-6-8-16(9-7-15)32-34-28)35(33-22)17-10-12-18(13-11-17)38-24(25,26)27/h2-13H,1H3,(H2,29,30,31,33,36,37). The van der Waals surface area contributed by atoms with Crippen LogP contribution in [0.2, 0.25) is 0 Å². The molecule has 11 nitrogen and oxygen atoms in total. The van der Waals surface area contributed by atoms with Crippen LogP contribution in [0.5, 0.6) is 5.75 Å². The number of aryl methyl sites for hydroxylation is 1. The van der Waals surface area contributed by atoms with E-state index in [-0.39, 0.29) is 23.1 Å². The highest BCUT2D eigenvalue weighted by atomic mass is 19.4. The lowest BCUT2D eigenvalue weighted by molar-refractivity contribution is -0.274. The Balaban J connectivity index is 1.65. The summed E-state index contributed by atoms with van der Waals surface area (Å²) < 4.78 is 42.6. The van der Waals surface area contributed by atoms with Gasteiger partial charge in [-0.05, 0) is 60.5 Å². The van der Waals surface area contributed by atoms with Gasteiger partial charge in [-0.25, -0.2) is 0 Å². The number of benzene rings is 3. The Hall–Kier alpha value is -5.36. The van der Waals surface area contributed by atoms with E-state index in [4.69, 9.17) is 5.53 Å². The van der Waals surface area contributed by atoms with E-state index in [1.54, 1.807) is 31.2 Å². The van der Waals surface area contributed by atoms with E-state index in [0.717, 1.165) is 16.8 Å². The van der Waals surface area contributed by atoms with Gasteiger partial charge in [0.25, 0.3) is 17.8 Å². The van der Waals surface area contributed by atoms with E-state index < -0.39 is 23.9 Å². The van der Waals surface area contributed by atoms with Gasteiger partial charge in [0.05, 0.1) is 5.69 Å². The first-order valence-electron chi connectivity index (χ1n) is 10.8. The topological polar surface area (TPSA) is 147 Å². The molecule has 192 valence electrons. The van der Waals surface area contributed by atoms with Crippen LogP contribution in [-0.2, 0) is 0 Å². The minimum absolute atomic E-state index is 0.126. The monoisotopic (exact) mass is 522 g/mol. The number of carbonyl (C=O) groups is 2. The number of alkyl halides is 3. The number of ether oxygens (including phenoxy) is 1. The van der Waals surface area contributed by atoms with Crippen LogP contribution >= 0.6 is 0 Å². The Labute approximate surface area is 212 Å². The average Bonchev–Trinajstić information content (AvgIpc) is 3.26. The van der Waals surface area contributed by atoms with Crippen molar-refractivity contribution < 1.29 is 27.5 Å². The van der Waals surface area contributed by atoms with Crippen LogP contribution < -0.4 is 15.4 Å². The van der Waals surface area contributed by atoms with E-state index in [0.29, 0.717) is 16.8 Å². The lowest BCUT2D eigenvalue weighted by Crippen LogP contribution is -2.17. The van der Waals surface area contributed by atoms with Crippen LogP contribution in [0.15, 0.2) is 77.9 Å². The molecule has 1 aromatic heterocycles. The van der Waals surface area contributed by atoms with Crippen LogP contribution in [-0.4, -0.2) is 32.9 Å². The number of aromatic nitrogens is 3. The summed E-state index contributed by atoms with van der Waals surface area (Å²) in [6.45, 7) is 1.75. The fourth-order valence-electron chi connectivity index (χ4n) is 3.32. The highest BCUT2D eigenvalue weighted by molar-refractivity contribution is 6.05. The molecule has 1 heterocycles. The molecule has 3 aromatic carbocycles. The zero-order chi connectivity index (χ0) is 27.3. The van der Waals surface area contributed by atoms with E-state index >= 15 is 0 Å². The predicted octanol–water partition coefficient (Wildman–Crippen LogP) is 5.92. The van der Waals surface area contributed by atoms with E-state index in [1.165, 1.54) is 36.4 Å². The summed E-state index contributed by atoms with van der Waals surface area (Å²) in [5.74, 6) is -1.86. The van der Waals surface area contributed by atoms with Crippen LogP contribution in [0.1, 0.15) is 26.3 Å². The molecule has 0 fully saturated rings. The molecule has 4 aromatic rings. The van der Waals surface area contributed by atoms with Crippen molar-refractivity contribution >= 4 is 29.4 Å². The van der Waals surface area contributed by atoms with Crippen molar-refractivity contribution in [2.45, 2.75) is 13.3 Å². The second-order valence-corrected chi connectivity index (χ2v) is 7.67. The molecule has 38 heavy (non-hydrogen) atoms. The van der Waals surface area contributed by atoms with Crippen molar-refractivity contribution in [2.24, 2.45) is 5.11 Å². The highest BCUT2D eigenvalue weighted by Gasteiger charge is 2.31. The van der Waals surface area contributed by atoms with Gasteiger partial charge >= 0.3 is 6.36 Å². The van der Waals surface area contributed by atoms with Crippen LogP contribution in [0, 0.1) is 6.92 Å². The number of halogens is 3. The normalized spacial score (nSPS) is 10.8. The minimum Gasteiger partial charge on any atom is -0.406 e. The first-order chi connectivity index (χ1) is 18.1. The zero-order valence-electron chi connectivity index (χ0n) is 19.5. The van der Waals surface area contributed by atoms with Crippen molar-refractivity contribution in [3.63, 3.8) is 0 Å². The van der Waals surface area contributed by atoms with Crippen molar-refractivity contribution in [2.75, 3.05) is 10.6 Å². The number of carbonyl (C=O) groups excluding carboxylic acids is 2. The molecule has 14 heteroatoms. The Morgan fingerprint density at radius 1 is 0.974 bits per heavy atom. The first-order valence-corrected chi connectivity index (χ1v) is 10.8. The van der Waals surface area contributed by atoms with Gasteiger partial charge in [0.2, 0.25) is 5.95 Å². The fourth-order valence-corrected chi connectivity index (χ4v) is 3.32. The number of anilines is 2. The van der Waals surface area contributed by atoms with Crippen molar-refractivity contribution in [1.82, 2.24) is 14.8 Å². The number of nitrogens with one attached hydrogen (secondary N) is 2. The first kappa shape index (κ1) is 25.7. The van der Waals surface area contributed by atoms with Crippen molar-refractivity contribution in [3.8, 4) is 11.4 Å². The van der Waals surface area contributed by atoms with Gasteiger partial charge in [0.15, 0.2) is 0 Å². The molecule has 2 N–H and O–H groups in total. The third kappa shape index (κ3) is 6.25. The van der Waals surface area contributed by atoms with Gasteiger partial charge in [0.1, 0.15) is 5.75 Å². The summed E-state index contributed by atoms with van der Waals surface area (Å²) in [6, 6.07) is 17.2. The van der Waals surface area contributed by atoms with Crippen molar-refractivity contribution in [1.29, 1.82) is 0 Å². The Kier molecular flexibility index (Phi) is 7.26. The number of nitrogens with zero attached hydrogens (tertiary/aromatic N) is 6. The second-order valence-electron chi connectivity index (χ2n) is 7.67. The summed E-state index contributed by atoms with van der Waals surface area (Å²) in [4.78, 5) is 32.5. The summed E-state index contributed by atoms with van der Waals surface area (Å²) in [5, 5.41) is 12.8. The predicted molar refractivity (Wildman–Crippen MR) is 130 cm³/mol. The average molecular weight is 522 g/mol. The molecule has 0 bridgehead atoms. The van der Waals surface area contributed by atoms with Crippen LogP contribution in [0.4, 0.5) is 30.8 Å². The van der Waals surface area contributed by atoms with Crippen LogP contribution in [0.3, 0.4) is 0 Å². The van der Waals surface area contributed by atoms with Gasteiger partial charge in [0, 0.05) is 21.7 Å². The lowest BCUT2D eigenvalue weighted by Gasteiger charge is -2.10. The Bertz CT molecular complexity index is 1530. The molecule has 0 aliphatic heterocycles. The molecular formula is C24H17F3N8O3. The second kappa shape index (κ2) is 10.7. The number of rotatable bonds is 7. The van der Waals surface area contributed by atoms with Gasteiger partial charge in [-0.3, -0.25) is 20.2 Å². The Morgan fingerprint density at radius 3 is 2.29 bits per heavy atom. The molecular weight excluding hydrogens is 505 g/mol. The van der Waals surface area contributed by atoms with Gasteiger partial charge in [-0.15, -0.1) is 18.3 Å². The third-order valence-electron chi connectivity index (χ3n) is 5.05. The van der Waals surface area contributed by atoms with Gasteiger partial charge < -0.3 is 4.74 Å². The molecule has 0 atom stereocenters. The maximum absolute atomic E-state index is 12.8. The smallest absolute Gasteiger partial charge is 0.406 e. The van der Waals surface area contributed by atoms with E-state index in [2.05, 4.69) is 35.5 Å². The molecule has 0 unspecified atom stereocenters. The van der Waals surface area contributed by atoms with Crippen LogP contribution in [0.25, 0.3) is 16.1 Å². The SMILES string of the molecule is Cc1ccccc1C(=O)Nc1nc(NC(=O)c2ccc(N=[N+]=[N-])cc2)n(-c2ccc(OC(F)(F)F)cc2)n1. The third-order valence-corrected chi connectivity index (χ3v) is 5.05. The summed E-state index contributed by atoms with van der Waals surface area (Å²) in [6.07, 6.45) is -4.87. The summed E-state index contributed by atoms with van der Waals surface area (Å²) in [5.41, 5.74) is 10.3. The van der Waals surface area contributed by atoms with Gasteiger partial charge in [-0.2, -0.15) is 9.67 Å². The largest absolute Gasteiger partial charge is 0.573 e. The van der Waals surface area contributed by atoms with Gasteiger partial charge in [-0.1, -0.05) is 35.4 Å². The molecule has 0 radical (unpaired) electrons. The molecule has 0 saturated carbocycles. The maximum atomic E-state index is 12.8. The van der Waals surface area contributed by atoms with E-state index in [9.17, 15) is 22.8 Å². The molecule has 0 spiro atoms. The molecule has 2 amide bonds. The molecule has 0 aliphatic rings.